The van der Waals surface area contributed by atoms with Crippen LogP contribution in [0.1, 0.15) is 24.5 Å². The van der Waals surface area contributed by atoms with Crippen LogP contribution in [0, 0.1) is 6.92 Å². The molecule has 2 aromatic carbocycles. The van der Waals surface area contributed by atoms with E-state index in [-0.39, 0.29) is 11.9 Å². The van der Waals surface area contributed by atoms with Crippen molar-refractivity contribution in [3.63, 3.8) is 0 Å². The molecule has 1 N–H and O–H groups in total. The number of aromatic nitrogens is 1. The first-order valence-electron chi connectivity index (χ1n) is 11.6. The molecule has 1 aromatic heterocycles. The average molecular weight is 431 g/mol. The minimum atomic E-state index is 0.0930. The summed E-state index contributed by atoms with van der Waals surface area (Å²) in [6, 6.07) is 21.1. The zero-order valence-electron chi connectivity index (χ0n) is 19.2. The maximum absolute atomic E-state index is 12.5. The molecule has 1 fully saturated rings. The van der Waals surface area contributed by atoms with Crippen LogP contribution in [0.4, 0.5) is 5.69 Å². The maximum atomic E-state index is 12.5. The molecule has 4 rings (SSSR count). The Hall–Kier alpha value is -3.05. The molecule has 0 radical (unpaired) electrons. The third kappa shape index (κ3) is 6.01. The molecular weight excluding hydrogens is 396 g/mol. The van der Waals surface area contributed by atoms with Gasteiger partial charge in [-0.2, -0.15) is 0 Å². The van der Waals surface area contributed by atoms with Gasteiger partial charge in [0.15, 0.2) is 0 Å². The van der Waals surface area contributed by atoms with Gasteiger partial charge in [0.05, 0.1) is 6.42 Å². The lowest BCUT2D eigenvalue weighted by atomic mass is 10.1. The molecule has 1 aliphatic rings. The van der Waals surface area contributed by atoms with E-state index in [0.29, 0.717) is 6.42 Å². The van der Waals surface area contributed by atoms with Crippen LogP contribution >= 0.6 is 0 Å². The van der Waals surface area contributed by atoms with Crippen molar-refractivity contribution in [2.75, 3.05) is 37.6 Å². The molecule has 0 bridgehead atoms. The van der Waals surface area contributed by atoms with E-state index in [2.05, 4.69) is 69.9 Å². The van der Waals surface area contributed by atoms with Crippen molar-refractivity contribution in [2.45, 2.75) is 32.7 Å². The molecule has 1 amide bonds. The van der Waals surface area contributed by atoms with Crippen LogP contribution in [0.3, 0.4) is 0 Å². The van der Waals surface area contributed by atoms with Crippen molar-refractivity contribution in [1.82, 2.24) is 14.8 Å². The SMILES string of the molecule is Cc1cccc(N2CCN(CCC(C)NC(=O)Cc3ccc(-n4cccc4)cc3)CC2)c1. The van der Waals surface area contributed by atoms with Crippen molar-refractivity contribution < 1.29 is 4.79 Å². The highest BCUT2D eigenvalue weighted by atomic mass is 16.1. The Kier molecular flexibility index (Phi) is 7.28. The minimum Gasteiger partial charge on any atom is -0.369 e. The minimum absolute atomic E-state index is 0.0930. The summed E-state index contributed by atoms with van der Waals surface area (Å²) in [6.07, 6.45) is 5.44. The Morgan fingerprint density at radius 3 is 2.34 bits per heavy atom. The lowest BCUT2D eigenvalue weighted by Crippen LogP contribution is -2.47. The summed E-state index contributed by atoms with van der Waals surface area (Å²) in [4.78, 5) is 17.5. The zero-order chi connectivity index (χ0) is 22.3. The Morgan fingerprint density at radius 2 is 1.66 bits per heavy atom. The van der Waals surface area contributed by atoms with Crippen molar-refractivity contribution in [3.05, 3.63) is 84.2 Å². The fraction of sp³-hybridized carbons (Fsp3) is 0.370. The topological polar surface area (TPSA) is 40.5 Å². The molecule has 1 unspecified atom stereocenters. The van der Waals surface area contributed by atoms with E-state index in [9.17, 15) is 4.79 Å². The summed E-state index contributed by atoms with van der Waals surface area (Å²) in [7, 11) is 0. The van der Waals surface area contributed by atoms with Gasteiger partial charge in [0.25, 0.3) is 0 Å². The Morgan fingerprint density at radius 1 is 0.938 bits per heavy atom. The van der Waals surface area contributed by atoms with E-state index >= 15 is 0 Å². The highest BCUT2D eigenvalue weighted by Gasteiger charge is 2.18. The normalized spacial score (nSPS) is 15.5. The largest absolute Gasteiger partial charge is 0.369 e. The number of amides is 1. The highest BCUT2D eigenvalue weighted by Crippen LogP contribution is 2.18. The van der Waals surface area contributed by atoms with Crippen LogP contribution in [0.2, 0.25) is 0 Å². The number of piperazine rings is 1. The van der Waals surface area contributed by atoms with Gasteiger partial charge in [0, 0.05) is 62.5 Å². The van der Waals surface area contributed by atoms with E-state index < -0.39 is 0 Å². The number of benzene rings is 2. The number of carbonyl (C=O) groups is 1. The Labute approximate surface area is 191 Å². The fourth-order valence-electron chi connectivity index (χ4n) is 4.31. The molecule has 32 heavy (non-hydrogen) atoms. The maximum Gasteiger partial charge on any atom is 0.224 e. The molecule has 3 aromatic rings. The van der Waals surface area contributed by atoms with Gasteiger partial charge in [-0.25, -0.2) is 0 Å². The first kappa shape index (κ1) is 22.2. The van der Waals surface area contributed by atoms with E-state index in [1.165, 1.54) is 11.3 Å². The first-order valence-corrected chi connectivity index (χ1v) is 11.6. The molecule has 0 aliphatic carbocycles. The molecular formula is C27H34N4O. The van der Waals surface area contributed by atoms with Gasteiger partial charge < -0.3 is 14.8 Å². The monoisotopic (exact) mass is 430 g/mol. The third-order valence-corrected chi connectivity index (χ3v) is 6.23. The molecule has 168 valence electrons. The van der Waals surface area contributed by atoms with Crippen molar-refractivity contribution in [1.29, 1.82) is 0 Å². The third-order valence-electron chi connectivity index (χ3n) is 6.23. The smallest absolute Gasteiger partial charge is 0.224 e. The number of rotatable bonds is 8. The summed E-state index contributed by atoms with van der Waals surface area (Å²) in [5.74, 6) is 0.0930. The molecule has 0 spiro atoms. The van der Waals surface area contributed by atoms with E-state index in [4.69, 9.17) is 0 Å². The van der Waals surface area contributed by atoms with Crippen LogP contribution in [0.15, 0.2) is 73.1 Å². The lowest BCUT2D eigenvalue weighted by molar-refractivity contribution is -0.121. The van der Waals surface area contributed by atoms with Crippen molar-refractivity contribution in [2.24, 2.45) is 0 Å². The summed E-state index contributed by atoms with van der Waals surface area (Å²) in [5, 5.41) is 3.17. The molecule has 0 saturated carbocycles. The van der Waals surface area contributed by atoms with Gasteiger partial charge in [-0.1, -0.05) is 24.3 Å². The van der Waals surface area contributed by atoms with Gasteiger partial charge >= 0.3 is 0 Å². The number of hydrogen-bond donors (Lipinski definition) is 1. The number of aryl methyl sites for hydroxylation is 1. The van der Waals surface area contributed by atoms with Gasteiger partial charge in [-0.3, -0.25) is 9.69 Å². The average Bonchev–Trinajstić information content (AvgIpc) is 3.33. The Bertz CT molecular complexity index is 989. The summed E-state index contributed by atoms with van der Waals surface area (Å²) in [6.45, 7) is 9.54. The quantitative estimate of drug-likeness (QED) is 0.586. The second-order valence-electron chi connectivity index (χ2n) is 8.86. The summed E-state index contributed by atoms with van der Waals surface area (Å²) < 4.78 is 2.06. The second kappa shape index (κ2) is 10.5. The number of nitrogens with one attached hydrogen (secondary N) is 1. The number of hydrogen-bond acceptors (Lipinski definition) is 3. The standard InChI is InChI=1S/C27H34N4O/c1-22-6-5-7-26(20-22)31-18-16-29(17-19-31)15-12-23(2)28-27(32)21-24-8-10-25(11-9-24)30-13-3-4-14-30/h3-11,13-14,20,23H,12,15-19,21H2,1-2H3,(H,28,32). The molecule has 1 atom stereocenters. The van der Waals surface area contributed by atoms with Crippen LogP contribution in [0.5, 0.6) is 0 Å². The lowest BCUT2D eigenvalue weighted by Gasteiger charge is -2.36. The van der Waals surface area contributed by atoms with Crippen LogP contribution in [0.25, 0.3) is 5.69 Å². The van der Waals surface area contributed by atoms with Crippen LogP contribution < -0.4 is 10.2 Å². The van der Waals surface area contributed by atoms with Crippen molar-refractivity contribution in [3.8, 4) is 5.69 Å². The predicted molar refractivity (Wildman–Crippen MR) is 132 cm³/mol. The molecule has 1 saturated heterocycles. The number of carbonyl (C=O) groups excluding carboxylic acids is 1. The highest BCUT2D eigenvalue weighted by molar-refractivity contribution is 5.78. The first-order chi connectivity index (χ1) is 15.6. The van der Waals surface area contributed by atoms with E-state index in [0.717, 1.165) is 50.4 Å². The molecule has 5 nitrogen and oxygen atoms in total. The van der Waals surface area contributed by atoms with Crippen molar-refractivity contribution >= 4 is 11.6 Å². The number of nitrogens with zero attached hydrogens (tertiary/aromatic N) is 3. The van der Waals surface area contributed by atoms with Gasteiger partial charge in [-0.15, -0.1) is 0 Å². The van der Waals surface area contributed by atoms with Gasteiger partial charge in [0.2, 0.25) is 5.91 Å². The Balaban J connectivity index is 1.16. The number of anilines is 1. The van der Waals surface area contributed by atoms with Gasteiger partial charge in [0.1, 0.15) is 0 Å². The molecule has 5 heteroatoms. The van der Waals surface area contributed by atoms with Crippen LogP contribution in [-0.4, -0.2) is 54.1 Å². The second-order valence-corrected chi connectivity index (χ2v) is 8.86. The summed E-state index contributed by atoms with van der Waals surface area (Å²) in [5.41, 5.74) is 4.78. The van der Waals surface area contributed by atoms with E-state index in [1.807, 2.05) is 36.7 Å². The van der Waals surface area contributed by atoms with Gasteiger partial charge in [-0.05, 0) is 67.8 Å². The van der Waals surface area contributed by atoms with Crippen LogP contribution in [-0.2, 0) is 11.2 Å². The predicted octanol–water partition coefficient (Wildman–Crippen LogP) is 4.05. The molecule has 1 aliphatic heterocycles. The summed E-state index contributed by atoms with van der Waals surface area (Å²) >= 11 is 0. The molecule has 2 heterocycles. The zero-order valence-corrected chi connectivity index (χ0v) is 19.2. The van der Waals surface area contributed by atoms with E-state index in [1.54, 1.807) is 0 Å². The fourth-order valence-corrected chi connectivity index (χ4v) is 4.31.